The topological polar surface area (TPSA) is 52.3 Å². The van der Waals surface area contributed by atoms with E-state index in [1.807, 2.05) is 12.1 Å². The zero-order chi connectivity index (χ0) is 10.4. The Hall–Kier alpha value is -1.51. The van der Waals surface area contributed by atoms with Crippen molar-refractivity contribution in [3.8, 4) is 0 Å². The highest BCUT2D eigenvalue weighted by Gasteiger charge is 2.02. The van der Waals surface area contributed by atoms with Gasteiger partial charge < -0.3 is 10.5 Å². The third kappa shape index (κ3) is 3.09. The number of benzene rings is 1. The summed E-state index contributed by atoms with van der Waals surface area (Å²) in [6.07, 6.45) is 1.28. The summed E-state index contributed by atoms with van der Waals surface area (Å²) < 4.78 is 4.72. The summed E-state index contributed by atoms with van der Waals surface area (Å²) in [6, 6.07) is 8.79. The first-order valence-corrected chi connectivity index (χ1v) is 4.64. The lowest BCUT2D eigenvalue weighted by molar-refractivity contribution is 0.150. The van der Waals surface area contributed by atoms with Crippen LogP contribution in [0.15, 0.2) is 18.2 Å². The van der Waals surface area contributed by atoms with Gasteiger partial charge in [-0.3, -0.25) is 0 Å². The summed E-state index contributed by atoms with van der Waals surface area (Å²) in [7, 11) is 0. The molecule has 3 nitrogen and oxygen atoms in total. The molecule has 0 heterocycles. The van der Waals surface area contributed by atoms with E-state index in [0.29, 0.717) is 0 Å². The second kappa shape index (κ2) is 5.27. The standard InChI is InChI=1S/C11H14NO2/c1-2-5-9-6-3-4-7-10(9)8-14-11(12)13/h3-4,6H,2,5,8H2,1H3,(H2,12,13). The van der Waals surface area contributed by atoms with Gasteiger partial charge >= 0.3 is 6.09 Å². The molecule has 0 aromatic heterocycles. The first-order chi connectivity index (χ1) is 6.74. The van der Waals surface area contributed by atoms with Gasteiger partial charge in [-0.15, -0.1) is 0 Å². The van der Waals surface area contributed by atoms with E-state index in [1.165, 1.54) is 0 Å². The largest absolute Gasteiger partial charge is 0.445 e. The van der Waals surface area contributed by atoms with Crippen LogP contribution in [0.3, 0.4) is 0 Å². The van der Waals surface area contributed by atoms with E-state index in [-0.39, 0.29) is 6.61 Å². The number of ether oxygens (including phenoxy) is 1. The maximum atomic E-state index is 10.4. The van der Waals surface area contributed by atoms with Crippen LogP contribution in [0.2, 0.25) is 0 Å². The van der Waals surface area contributed by atoms with E-state index in [4.69, 9.17) is 10.5 Å². The zero-order valence-electron chi connectivity index (χ0n) is 8.25. The van der Waals surface area contributed by atoms with E-state index >= 15 is 0 Å². The fourth-order valence-electron chi connectivity index (χ4n) is 1.29. The van der Waals surface area contributed by atoms with Crippen molar-refractivity contribution in [2.24, 2.45) is 5.73 Å². The van der Waals surface area contributed by atoms with Crippen molar-refractivity contribution in [1.82, 2.24) is 0 Å². The average molecular weight is 192 g/mol. The minimum atomic E-state index is -0.746. The van der Waals surface area contributed by atoms with Crippen LogP contribution in [0.5, 0.6) is 0 Å². The normalized spacial score (nSPS) is 9.79. The lowest BCUT2D eigenvalue weighted by atomic mass is 10.0. The highest BCUT2D eigenvalue weighted by atomic mass is 16.5. The summed E-state index contributed by atoms with van der Waals surface area (Å²) in [5.41, 5.74) is 6.96. The van der Waals surface area contributed by atoms with Crippen molar-refractivity contribution in [2.45, 2.75) is 26.4 Å². The van der Waals surface area contributed by atoms with Crippen molar-refractivity contribution in [3.05, 3.63) is 35.4 Å². The maximum absolute atomic E-state index is 10.4. The number of aryl methyl sites for hydroxylation is 1. The van der Waals surface area contributed by atoms with Gasteiger partial charge in [0, 0.05) is 5.56 Å². The molecule has 0 unspecified atom stereocenters. The molecule has 75 valence electrons. The summed E-state index contributed by atoms with van der Waals surface area (Å²) in [5, 5.41) is 0. The second-order valence-electron chi connectivity index (χ2n) is 3.03. The molecule has 1 aromatic carbocycles. The Balaban J connectivity index is 2.68. The highest BCUT2D eigenvalue weighted by Crippen LogP contribution is 2.11. The molecule has 0 spiro atoms. The van der Waals surface area contributed by atoms with Crippen LogP contribution in [0.1, 0.15) is 24.5 Å². The summed E-state index contributed by atoms with van der Waals surface area (Å²) in [5.74, 6) is 0. The Kier molecular flexibility index (Phi) is 3.98. The Morgan fingerprint density at radius 1 is 1.64 bits per heavy atom. The Labute approximate surface area is 83.9 Å². The first-order valence-electron chi connectivity index (χ1n) is 4.64. The lowest BCUT2D eigenvalue weighted by Gasteiger charge is -2.07. The number of carbonyl (C=O) groups excluding carboxylic acids is 1. The van der Waals surface area contributed by atoms with Gasteiger partial charge in [0.1, 0.15) is 6.61 Å². The molecule has 1 amide bonds. The minimum Gasteiger partial charge on any atom is -0.445 e. The quantitative estimate of drug-likeness (QED) is 0.793. The molecule has 1 rings (SSSR count). The van der Waals surface area contributed by atoms with Crippen LogP contribution in [0, 0.1) is 6.07 Å². The molecule has 0 saturated carbocycles. The van der Waals surface area contributed by atoms with Crippen LogP contribution in [-0.2, 0) is 17.8 Å². The average Bonchev–Trinajstić information content (AvgIpc) is 2.17. The number of rotatable bonds is 4. The summed E-state index contributed by atoms with van der Waals surface area (Å²) >= 11 is 0. The van der Waals surface area contributed by atoms with E-state index in [1.54, 1.807) is 6.07 Å². The van der Waals surface area contributed by atoms with Crippen LogP contribution >= 0.6 is 0 Å². The maximum Gasteiger partial charge on any atom is 0.404 e. The Bertz CT molecular complexity index is 310. The number of hydrogen-bond acceptors (Lipinski definition) is 2. The SMILES string of the molecule is CCCc1ccc[c]c1COC(N)=O. The Morgan fingerprint density at radius 2 is 2.43 bits per heavy atom. The van der Waals surface area contributed by atoms with E-state index < -0.39 is 6.09 Å². The molecular weight excluding hydrogens is 178 g/mol. The zero-order valence-corrected chi connectivity index (χ0v) is 8.25. The van der Waals surface area contributed by atoms with Crippen molar-refractivity contribution in [2.75, 3.05) is 0 Å². The smallest absolute Gasteiger partial charge is 0.404 e. The van der Waals surface area contributed by atoms with E-state index in [9.17, 15) is 4.79 Å². The first kappa shape index (κ1) is 10.6. The fourth-order valence-corrected chi connectivity index (χ4v) is 1.29. The minimum absolute atomic E-state index is 0.214. The van der Waals surface area contributed by atoms with Gasteiger partial charge in [-0.25, -0.2) is 4.79 Å². The molecule has 0 aliphatic heterocycles. The van der Waals surface area contributed by atoms with E-state index in [0.717, 1.165) is 24.0 Å². The van der Waals surface area contributed by atoms with Gasteiger partial charge in [0.2, 0.25) is 0 Å². The van der Waals surface area contributed by atoms with Gasteiger partial charge in [0.15, 0.2) is 0 Å². The van der Waals surface area contributed by atoms with Crippen molar-refractivity contribution in [1.29, 1.82) is 0 Å². The second-order valence-corrected chi connectivity index (χ2v) is 3.03. The molecule has 0 saturated heterocycles. The summed E-state index contributed by atoms with van der Waals surface area (Å²) in [4.78, 5) is 10.4. The molecule has 0 aliphatic rings. The molecule has 0 aliphatic carbocycles. The van der Waals surface area contributed by atoms with Crippen LogP contribution in [0.4, 0.5) is 4.79 Å². The molecule has 0 atom stereocenters. The predicted molar refractivity (Wildman–Crippen MR) is 53.6 cm³/mol. The monoisotopic (exact) mass is 192 g/mol. The van der Waals surface area contributed by atoms with E-state index in [2.05, 4.69) is 13.0 Å². The van der Waals surface area contributed by atoms with Crippen molar-refractivity contribution >= 4 is 6.09 Å². The van der Waals surface area contributed by atoms with Crippen molar-refractivity contribution < 1.29 is 9.53 Å². The van der Waals surface area contributed by atoms with Gasteiger partial charge in [0.25, 0.3) is 0 Å². The molecule has 0 bridgehead atoms. The third-order valence-electron chi connectivity index (χ3n) is 1.92. The lowest BCUT2D eigenvalue weighted by Crippen LogP contribution is -2.13. The molecule has 3 heteroatoms. The van der Waals surface area contributed by atoms with Crippen LogP contribution < -0.4 is 5.73 Å². The number of primary amides is 1. The third-order valence-corrected chi connectivity index (χ3v) is 1.92. The number of nitrogens with two attached hydrogens (primary N) is 1. The van der Waals surface area contributed by atoms with Gasteiger partial charge in [-0.05, 0) is 18.1 Å². The highest BCUT2D eigenvalue weighted by molar-refractivity contribution is 5.64. The Morgan fingerprint density at radius 3 is 3.07 bits per heavy atom. The van der Waals surface area contributed by atoms with Gasteiger partial charge in [-0.2, -0.15) is 0 Å². The molecule has 14 heavy (non-hydrogen) atoms. The van der Waals surface area contributed by atoms with Crippen LogP contribution in [0.25, 0.3) is 0 Å². The van der Waals surface area contributed by atoms with Gasteiger partial charge in [0.05, 0.1) is 0 Å². The fraction of sp³-hybridized carbons (Fsp3) is 0.364. The number of hydrogen-bond donors (Lipinski definition) is 1. The predicted octanol–water partition coefficient (Wildman–Crippen LogP) is 2.03. The molecule has 1 aromatic rings. The van der Waals surface area contributed by atoms with Crippen molar-refractivity contribution in [3.63, 3.8) is 0 Å². The molecule has 0 fully saturated rings. The summed E-state index contributed by atoms with van der Waals surface area (Å²) in [6.45, 7) is 2.32. The van der Waals surface area contributed by atoms with Gasteiger partial charge in [-0.1, -0.05) is 31.5 Å². The molecular formula is C11H14NO2. The van der Waals surface area contributed by atoms with Crippen LogP contribution in [-0.4, -0.2) is 6.09 Å². The molecule has 1 radical (unpaired) electrons. The molecule has 2 N–H and O–H groups in total. The number of carbonyl (C=O) groups is 1. The number of amides is 1.